The third-order valence-electron chi connectivity index (χ3n) is 5.03. The van der Waals surface area contributed by atoms with E-state index in [0.29, 0.717) is 5.92 Å². The van der Waals surface area contributed by atoms with Crippen LogP contribution >= 0.6 is 0 Å². The van der Waals surface area contributed by atoms with Crippen molar-refractivity contribution in [3.8, 4) is 5.75 Å². The first kappa shape index (κ1) is 15.9. The third-order valence-corrected chi connectivity index (χ3v) is 5.03. The fourth-order valence-corrected chi connectivity index (χ4v) is 3.66. The number of hydrogen-bond donors (Lipinski definition) is 0. The minimum Gasteiger partial charge on any atom is -0.497 e. The monoisotopic (exact) mass is 332 g/mol. The molecular formula is C22H24N2O. The van der Waals surface area contributed by atoms with E-state index in [1.54, 1.807) is 7.11 Å². The zero-order valence-electron chi connectivity index (χ0n) is 14.7. The number of aromatic nitrogens is 2. The average Bonchev–Trinajstić information content (AvgIpc) is 3.00. The van der Waals surface area contributed by atoms with Crippen LogP contribution in [0, 0.1) is 5.92 Å². The van der Waals surface area contributed by atoms with Crippen LogP contribution in [0.1, 0.15) is 30.7 Å². The first-order chi connectivity index (χ1) is 12.3. The molecule has 3 nitrogen and oxygen atoms in total. The Morgan fingerprint density at radius 3 is 2.72 bits per heavy atom. The van der Waals surface area contributed by atoms with Crippen molar-refractivity contribution in [2.75, 3.05) is 7.11 Å². The molecule has 128 valence electrons. The van der Waals surface area contributed by atoms with Crippen LogP contribution in [0.4, 0.5) is 0 Å². The van der Waals surface area contributed by atoms with Crippen molar-refractivity contribution in [1.29, 1.82) is 0 Å². The number of fused-ring (bicyclic) bond motifs is 1. The Balaban J connectivity index is 1.68. The second kappa shape index (κ2) is 7.14. The maximum absolute atomic E-state index is 5.27. The van der Waals surface area contributed by atoms with E-state index in [1.165, 1.54) is 36.2 Å². The fourth-order valence-electron chi connectivity index (χ4n) is 3.66. The third kappa shape index (κ3) is 3.46. The summed E-state index contributed by atoms with van der Waals surface area (Å²) in [5.74, 6) is 2.69. The van der Waals surface area contributed by atoms with Gasteiger partial charge in [0.25, 0.3) is 0 Å². The Kier molecular flexibility index (Phi) is 4.55. The molecule has 1 aliphatic carbocycles. The largest absolute Gasteiger partial charge is 0.497 e. The summed E-state index contributed by atoms with van der Waals surface area (Å²) < 4.78 is 7.65. The minimum absolute atomic E-state index is 0.611. The second-order valence-electron chi connectivity index (χ2n) is 6.77. The van der Waals surface area contributed by atoms with E-state index in [1.807, 2.05) is 12.1 Å². The molecule has 1 aliphatic rings. The molecule has 0 saturated heterocycles. The summed E-state index contributed by atoms with van der Waals surface area (Å²) in [6, 6.07) is 16.8. The van der Waals surface area contributed by atoms with Gasteiger partial charge in [-0.2, -0.15) is 0 Å². The molecule has 2 aromatic carbocycles. The summed E-state index contributed by atoms with van der Waals surface area (Å²) in [6.07, 6.45) is 9.49. The van der Waals surface area contributed by atoms with Gasteiger partial charge in [-0.3, -0.25) is 0 Å². The van der Waals surface area contributed by atoms with Gasteiger partial charge in [0, 0.05) is 13.0 Å². The number of allylic oxidation sites excluding steroid dienone is 2. The molecule has 0 radical (unpaired) electrons. The normalized spacial score (nSPS) is 17.1. The van der Waals surface area contributed by atoms with Gasteiger partial charge in [-0.1, -0.05) is 36.4 Å². The number of hydrogen-bond acceptors (Lipinski definition) is 2. The highest BCUT2D eigenvalue weighted by Gasteiger charge is 2.16. The van der Waals surface area contributed by atoms with Crippen LogP contribution in [0.5, 0.6) is 5.75 Å². The molecule has 0 fully saturated rings. The Bertz CT molecular complexity index is 877. The molecule has 0 amide bonds. The maximum Gasteiger partial charge on any atom is 0.118 e. The Hall–Kier alpha value is -2.55. The molecule has 3 aromatic rings. The van der Waals surface area contributed by atoms with Crippen molar-refractivity contribution in [2.24, 2.45) is 5.92 Å². The summed E-state index contributed by atoms with van der Waals surface area (Å²) >= 11 is 0. The second-order valence-corrected chi connectivity index (χ2v) is 6.77. The van der Waals surface area contributed by atoms with Gasteiger partial charge in [0.15, 0.2) is 0 Å². The molecule has 1 aromatic heterocycles. The van der Waals surface area contributed by atoms with E-state index in [4.69, 9.17) is 9.72 Å². The summed E-state index contributed by atoms with van der Waals surface area (Å²) in [6.45, 7) is 0.844. The van der Waals surface area contributed by atoms with E-state index >= 15 is 0 Å². The molecule has 4 rings (SSSR count). The smallest absolute Gasteiger partial charge is 0.118 e. The number of para-hydroxylation sites is 2. The highest BCUT2D eigenvalue weighted by atomic mass is 16.5. The number of methoxy groups -OCH3 is 1. The molecule has 0 N–H and O–H groups in total. The van der Waals surface area contributed by atoms with Crippen LogP contribution in [-0.2, 0) is 13.0 Å². The number of imidazole rings is 1. The summed E-state index contributed by atoms with van der Waals surface area (Å²) in [5.41, 5.74) is 3.57. The molecule has 0 spiro atoms. The van der Waals surface area contributed by atoms with E-state index in [9.17, 15) is 0 Å². The molecule has 3 heteroatoms. The van der Waals surface area contributed by atoms with Crippen molar-refractivity contribution >= 4 is 11.0 Å². The summed E-state index contributed by atoms with van der Waals surface area (Å²) in [7, 11) is 1.70. The molecule has 0 unspecified atom stereocenters. The average molecular weight is 332 g/mol. The van der Waals surface area contributed by atoms with Crippen molar-refractivity contribution < 1.29 is 4.74 Å². The fraction of sp³-hybridized carbons (Fsp3) is 0.318. The van der Waals surface area contributed by atoms with Gasteiger partial charge in [0.05, 0.1) is 18.1 Å². The van der Waals surface area contributed by atoms with Crippen LogP contribution in [0.25, 0.3) is 11.0 Å². The molecule has 0 saturated carbocycles. The van der Waals surface area contributed by atoms with Crippen molar-refractivity contribution in [2.45, 2.75) is 32.2 Å². The van der Waals surface area contributed by atoms with Gasteiger partial charge in [-0.05, 0) is 55.0 Å². The molecule has 0 bridgehead atoms. The number of nitrogens with zero attached hydrogens (tertiary/aromatic N) is 2. The Morgan fingerprint density at radius 2 is 1.96 bits per heavy atom. The van der Waals surface area contributed by atoms with E-state index in [-0.39, 0.29) is 0 Å². The van der Waals surface area contributed by atoms with Gasteiger partial charge < -0.3 is 9.30 Å². The van der Waals surface area contributed by atoms with Crippen LogP contribution < -0.4 is 4.74 Å². The molecule has 25 heavy (non-hydrogen) atoms. The predicted octanol–water partition coefficient (Wildman–Crippen LogP) is 4.99. The van der Waals surface area contributed by atoms with Crippen LogP contribution in [0.2, 0.25) is 0 Å². The van der Waals surface area contributed by atoms with Crippen LogP contribution in [0.3, 0.4) is 0 Å². The molecule has 0 aliphatic heterocycles. The highest BCUT2D eigenvalue weighted by molar-refractivity contribution is 5.76. The van der Waals surface area contributed by atoms with E-state index in [0.717, 1.165) is 24.2 Å². The van der Waals surface area contributed by atoms with E-state index in [2.05, 4.69) is 53.1 Å². The highest BCUT2D eigenvalue weighted by Crippen LogP contribution is 2.25. The standard InChI is InChI=1S/C22H24N2O/c1-25-19-13-11-18(12-14-19)16-24-21-10-6-5-9-20(21)23-22(24)15-17-7-3-2-4-8-17/h3,5-7,9-14,17H,2,4,8,15-16H2,1H3/t17-/m0/s1. The number of benzene rings is 2. The predicted molar refractivity (Wildman–Crippen MR) is 102 cm³/mol. The first-order valence-electron chi connectivity index (χ1n) is 9.07. The zero-order chi connectivity index (χ0) is 17.1. The van der Waals surface area contributed by atoms with Crippen LogP contribution in [-0.4, -0.2) is 16.7 Å². The van der Waals surface area contributed by atoms with Crippen molar-refractivity contribution in [1.82, 2.24) is 9.55 Å². The first-order valence-corrected chi connectivity index (χ1v) is 9.07. The topological polar surface area (TPSA) is 27.1 Å². The van der Waals surface area contributed by atoms with Gasteiger partial charge in [0.2, 0.25) is 0 Å². The Morgan fingerprint density at radius 1 is 1.12 bits per heavy atom. The van der Waals surface area contributed by atoms with Crippen LogP contribution in [0.15, 0.2) is 60.7 Å². The van der Waals surface area contributed by atoms with Crippen molar-refractivity contribution in [3.63, 3.8) is 0 Å². The van der Waals surface area contributed by atoms with Gasteiger partial charge in [0.1, 0.15) is 11.6 Å². The number of ether oxygens (including phenoxy) is 1. The lowest BCUT2D eigenvalue weighted by atomic mass is 9.93. The minimum atomic E-state index is 0.611. The molecule has 1 atom stereocenters. The van der Waals surface area contributed by atoms with Gasteiger partial charge >= 0.3 is 0 Å². The lowest BCUT2D eigenvalue weighted by Crippen LogP contribution is -2.11. The van der Waals surface area contributed by atoms with Crippen molar-refractivity contribution in [3.05, 3.63) is 72.1 Å². The number of rotatable bonds is 5. The molecular weight excluding hydrogens is 308 g/mol. The zero-order valence-corrected chi connectivity index (χ0v) is 14.7. The summed E-state index contributed by atoms with van der Waals surface area (Å²) in [4.78, 5) is 4.94. The lowest BCUT2D eigenvalue weighted by molar-refractivity contribution is 0.414. The van der Waals surface area contributed by atoms with E-state index < -0.39 is 0 Å². The quantitative estimate of drug-likeness (QED) is 0.615. The summed E-state index contributed by atoms with van der Waals surface area (Å²) in [5, 5.41) is 0. The Labute approximate surface area is 149 Å². The molecule has 1 heterocycles. The van der Waals surface area contributed by atoms with Gasteiger partial charge in [-0.25, -0.2) is 4.98 Å². The lowest BCUT2D eigenvalue weighted by Gasteiger charge is -2.17. The SMILES string of the molecule is COc1ccc(Cn2c(C[C@H]3C=CCCC3)nc3ccccc32)cc1. The van der Waals surface area contributed by atoms with Gasteiger partial charge in [-0.15, -0.1) is 0 Å². The maximum atomic E-state index is 5.27.